The number of hydrogen-bond donors (Lipinski definition) is 2. The van der Waals surface area contributed by atoms with E-state index >= 15 is 0 Å². The normalized spacial score (nSPS) is 12.8. The van der Waals surface area contributed by atoms with Crippen LogP contribution in [0.1, 0.15) is 5.56 Å². The Morgan fingerprint density at radius 3 is 2.38 bits per heavy atom. The molecule has 0 aromatic heterocycles. The van der Waals surface area contributed by atoms with E-state index in [0.717, 1.165) is 0 Å². The second-order valence-electron chi connectivity index (χ2n) is 3.09. The molecular weight excluding hydrogens is 219 g/mol. The molecule has 86 valence electrons. The van der Waals surface area contributed by atoms with E-state index in [0.29, 0.717) is 5.56 Å². The summed E-state index contributed by atoms with van der Waals surface area (Å²) >= 11 is 0. The van der Waals surface area contributed by atoms with Crippen LogP contribution in [-0.4, -0.2) is 17.9 Å². The Morgan fingerprint density at radius 1 is 1.25 bits per heavy atom. The standard InChI is InChI=1S/C11H10F3NO/c12-11(13,14)10(8-15-16)7-6-9-4-2-1-3-5-9/h1-5,10,15-16H,8H2/t10-/m0/s1. The lowest BCUT2D eigenvalue weighted by molar-refractivity contribution is -0.161. The van der Waals surface area contributed by atoms with Gasteiger partial charge in [-0.3, -0.25) is 0 Å². The predicted octanol–water partition coefficient (Wildman–Crippen LogP) is 2.20. The van der Waals surface area contributed by atoms with Crippen molar-refractivity contribution < 1.29 is 18.4 Å². The largest absolute Gasteiger partial charge is 0.403 e. The highest BCUT2D eigenvalue weighted by Crippen LogP contribution is 2.25. The minimum atomic E-state index is -4.45. The lowest BCUT2D eigenvalue weighted by atomic mass is 10.1. The van der Waals surface area contributed by atoms with Gasteiger partial charge in [0.25, 0.3) is 0 Å². The zero-order chi connectivity index (χ0) is 12.0. The Labute approximate surface area is 91.1 Å². The van der Waals surface area contributed by atoms with E-state index in [1.165, 1.54) is 5.48 Å². The molecule has 16 heavy (non-hydrogen) atoms. The molecule has 2 N–H and O–H groups in total. The van der Waals surface area contributed by atoms with Crippen LogP contribution in [0, 0.1) is 17.8 Å². The van der Waals surface area contributed by atoms with Crippen LogP contribution in [0.5, 0.6) is 0 Å². The highest BCUT2D eigenvalue weighted by atomic mass is 19.4. The zero-order valence-electron chi connectivity index (χ0n) is 8.25. The minimum Gasteiger partial charge on any atom is -0.317 e. The number of hydrogen-bond acceptors (Lipinski definition) is 2. The smallest absolute Gasteiger partial charge is 0.317 e. The summed E-state index contributed by atoms with van der Waals surface area (Å²) in [5.41, 5.74) is 2.00. The molecular formula is C11H10F3NO. The van der Waals surface area contributed by atoms with Crippen LogP contribution in [0.15, 0.2) is 30.3 Å². The number of alkyl halides is 3. The maximum atomic E-state index is 12.4. The predicted molar refractivity (Wildman–Crippen MR) is 52.7 cm³/mol. The first-order valence-electron chi connectivity index (χ1n) is 4.54. The molecule has 2 nitrogen and oxygen atoms in total. The molecule has 0 saturated heterocycles. The van der Waals surface area contributed by atoms with E-state index < -0.39 is 18.6 Å². The van der Waals surface area contributed by atoms with Gasteiger partial charge in [0.2, 0.25) is 0 Å². The van der Waals surface area contributed by atoms with Crippen LogP contribution in [0.2, 0.25) is 0 Å². The van der Waals surface area contributed by atoms with Crippen LogP contribution in [0.25, 0.3) is 0 Å². The Bertz CT molecular complexity index is 378. The van der Waals surface area contributed by atoms with Gasteiger partial charge in [0, 0.05) is 12.1 Å². The maximum Gasteiger partial charge on any atom is 0.403 e. The van der Waals surface area contributed by atoms with Gasteiger partial charge in [0.15, 0.2) is 0 Å². The summed E-state index contributed by atoms with van der Waals surface area (Å²) in [6.45, 7) is -0.636. The molecule has 0 radical (unpaired) electrons. The molecule has 0 unspecified atom stereocenters. The first kappa shape index (κ1) is 12.6. The van der Waals surface area contributed by atoms with Crippen molar-refractivity contribution in [2.45, 2.75) is 6.18 Å². The summed E-state index contributed by atoms with van der Waals surface area (Å²) < 4.78 is 37.1. The first-order chi connectivity index (χ1) is 7.54. The highest BCUT2D eigenvalue weighted by Gasteiger charge is 2.38. The van der Waals surface area contributed by atoms with Crippen LogP contribution < -0.4 is 5.48 Å². The average Bonchev–Trinajstić information content (AvgIpc) is 2.24. The average molecular weight is 229 g/mol. The minimum absolute atomic E-state index is 0.509. The van der Waals surface area contributed by atoms with Gasteiger partial charge >= 0.3 is 6.18 Å². The molecule has 0 bridgehead atoms. The van der Waals surface area contributed by atoms with Crippen molar-refractivity contribution >= 4 is 0 Å². The first-order valence-corrected chi connectivity index (χ1v) is 4.54. The van der Waals surface area contributed by atoms with Crippen molar-refractivity contribution in [3.05, 3.63) is 35.9 Å². The van der Waals surface area contributed by atoms with Crippen molar-refractivity contribution in [2.24, 2.45) is 5.92 Å². The van der Waals surface area contributed by atoms with E-state index in [2.05, 4.69) is 11.8 Å². The molecule has 1 rings (SSSR count). The molecule has 0 spiro atoms. The summed E-state index contributed by atoms with van der Waals surface area (Å²) in [6.07, 6.45) is -4.45. The van der Waals surface area contributed by atoms with Gasteiger partial charge in [-0.1, -0.05) is 30.0 Å². The van der Waals surface area contributed by atoms with Gasteiger partial charge in [-0.25, -0.2) is 5.48 Å². The lowest BCUT2D eigenvalue weighted by Gasteiger charge is -2.13. The fourth-order valence-electron chi connectivity index (χ4n) is 1.03. The molecule has 5 heteroatoms. The van der Waals surface area contributed by atoms with Crippen LogP contribution in [-0.2, 0) is 0 Å². The van der Waals surface area contributed by atoms with Crippen molar-refractivity contribution in [3.63, 3.8) is 0 Å². The summed E-state index contributed by atoms with van der Waals surface area (Å²) in [4.78, 5) is 0. The molecule has 0 aliphatic heterocycles. The molecule has 0 aliphatic carbocycles. The Balaban J connectivity index is 2.80. The Hall–Kier alpha value is -1.51. The van der Waals surface area contributed by atoms with E-state index in [-0.39, 0.29) is 0 Å². The van der Waals surface area contributed by atoms with E-state index in [1.54, 1.807) is 30.3 Å². The Morgan fingerprint density at radius 2 is 1.88 bits per heavy atom. The highest BCUT2D eigenvalue weighted by molar-refractivity contribution is 5.34. The summed E-state index contributed by atoms with van der Waals surface area (Å²) in [5, 5.41) is 8.28. The van der Waals surface area contributed by atoms with Gasteiger partial charge in [-0.05, 0) is 12.1 Å². The van der Waals surface area contributed by atoms with Crippen molar-refractivity contribution in [2.75, 3.05) is 6.54 Å². The van der Waals surface area contributed by atoms with Crippen LogP contribution in [0.4, 0.5) is 13.2 Å². The van der Waals surface area contributed by atoms with E-state index in [1.807, 2.05) is 0 Å². The monoisotopic (exact) mass is 229 g/mol. The number of hydroxylamine groups is 1. The maximum absolute atomic E-state index is 12.4. The summed E-state index contributed by atoms with van der Waals surface area (Å²) in [5.74, 6) is 2.62. The lowest BCUT2D eigenvalue weighted by Crippen LogP contribution is -2.31. The molecule has 1 aromatic carbocycles. The van der Waals surface area contributed by atoms with Gasteiger partial charge in [0.05, 0.1) is 0 Å². The van der Waals surface area contributed by atoms with Crippen molar-refractivity contribution in [1.29, 1.82) is 0 Å². The fourth-order valence-corrected chi connectivity index (χ4v) is 1.03. The fraction of sp³-hybridized carbons (Fsp3) is 0.273. The quantitative estimate of drug-likeness (QED) is 0.602. The molecule has 1 aromatic rings. The van der Waals surface area contributed by atoms with Crippen molar-refractivity contribution in [1.82, 2.24) is 5.48 Å². The van der Waals surface area contributed by atoms with Crippen LogP contribution in [0.3, 0.4) is 0 Å². The molecule has 0 amide bonds. The third kappa shape index (κ3) is 3.93. The van der Waals surface area contributed by atoms with Crippen molar-refractivity contribution in [3.8, 4) is 11.8 Å². The summed E-state index contributed by atoms with van der Waals surface area (Å²) in [6, 6.07) is 8.37. The summed E-state index contributed by atoms with van der Waals surface area (Å²) in [7, 11) is 0. The number of benzene rings is 1. The van der Waals surface area contributed by atoms with Gasteiger partial charge in [-0.2, -0.15) is 13.2 Å². The molecule has 0 saturated carbocycles. The van der Waals surface area contributed by atoms with Gasteiger partial charge in [0.1, 0.15) is 5.92 Å². The molecule has 1 atom stereocenters. The number of rotatable bonds is 2. The number of halogens is 3. The zero-order valence-corrected chi connectivity index (χ0v) is 8.25. The number of nitrogens with one attached hydrogen (secondary N) is 1. The van der Waals surface area contributed by atoms with Gasteiger partial charge < -0.3 is 5.21 Å². The van der Waals surface area contributed by atoms with E-state index in [4.69, 9.17) is 5.21 Å². The SMILES string of the molecule is ONC[C@H](C#Cc1ccccc1)C(F)(F)F. The second kappa shape index (κ2) is 5.54. The molecule has 0 heterocycles. The van der Waals surface area contributed by atoms with E-state index in [9.17, 15) is 13.2 Å². The third-order valence-electron chi connectivity index (χ3n) is 1.86. The van der Waals surface area contributed by atoms with Gasteiger partial charge in [-0.15, -0.1) is 0 Å². The second-order valence-corrected chi connectivity index (χ2v) is 3.09. The third-order valence-corrected chi connectivity index (χ3v) is 1.86. The molecule has 0 fully saturated rings. The Kier molecular flexibility index (Phi) is 4.35. The van der Waals surface area contributed by atoms with Crippen LogP contribution >= 0.6 is 0 Å². The molecule has 0 aliphatic rings. The topological polar surface area (TPSA) is 32.3 Å².